The van der Waals surface area contributed by atoms with Crippen LogP contribution in [0.1, 0.15) is 41.4 Å². The molecule has 6 heteroatoms. The van der Waals surface area contributed by atoms with Crippen LogP contribution in [0.25, 0.3) is 0 Å². The van der Waals surface area contributed by atoms with Gasteiger partial charge in [0, 0.05) is 51.4 Å². The second kappa shape index (κ2) is 9.63. The van der Waals surface area contributed by atoms with Crippen LogP contribution in [-0.2, 0) is 4.79 Å². The Labute approximate surface area is 173 Å². The van der Waals surface area contributed by atoms with Crippen LogP contribution in [0, 0.1) is 13.8 Å². The van der Waals surface area contributed by atoms with E-state index >= 15 is 0 Å². The van der Waals surface area contributed by atoms with Crippen LogP contribution < -0.4 is 4.90 Å². The molecule has 1 aromatic carbocycles. The van der Waals surface area contributed by atoms with Gasteiger partial charge in [0.05, 0.1) is 11.8 Å². The third-order valence-corrected chi connectivity index (χ3v) is 5.55. The SMILES string of the molecule is CCCN(CCC(=O)N1CCN(c2ccccc2C)CC1)C(=O)c1ccoc1C. The lowest BCUT2D eigenvalue weighted by Gasteiger charge is -2.37. The van der Waals surface area contributed by atoms with E-state index < -0.39 is 0 Å². The quantitative estimate of drug-likeness (QED) is 0.718. The third-order valence-electron chi connectivity index (χ3n) is 5.55. The molecule has 1 fully saturated rings. The molecule has 1 aromatic heterocycles. The molecule has 1 aliphatic rings. The summed E-state index contributed by atoms with van der Waals surface area (Å²) >= 11 is 0. The molecule has 3 rings (SSSR count). The van der Waals surface area contributed by atoms with Crippen molar-refractivity contribution in [3.05, 3.63) is 53.5 Å². The van der Waals surface area contributed by atoms with E-state index in [4.69, 9.17) is 4.42 Å². The number of carbonyl (C=O) groups is 2. The van der Waals surface area contributed by atoms with Gasteiger partial charge in [-0.25, -0.2) is 0 Å². The zero-order valence-electron chi connectivity index (χ0n) is 17.7. The van der Waals surface area contributed by atoms with E-state index in [2.05, 4.69) is 30.0 Å². The molecule has 2 heterocycles. The Kier molecular flexibility index (Phi) is 6.96. The fraction of sp³-hybridized carbons (Fsp3) is 0.478. The van der Waals surface area contributed by atoms with Crippen LogP contribution in [-0.4, -0.2) is 60.9 Å². The maximum atomic E-state index is 12.8. The Morgan fingerprint density at radius 1 is 1.03 bits per heavy atom. The number of rotatable bonds is 7. The zero-order valence-corrected chi connectivity index (χ0v) is 17.7. The number of hydrogen-bond acceptors (Lipinski definition) is 4. The summed E-state index contributed by atoms with van der Waals surface area (Å²) in [6, 6.07) is 10.1. The second-order valence-corrected chi connectivity index (χ2v) is 7.59. The number of furan rings is 1. The summed E-state index contributed by atoms with van der Waals surface area (Å²) in [5.41, 5.74) is 3.09. The molecular formula is C23H31N3O3. The molecule has 0 N–H and O–H groups in total. The van der Waals surface area contributed by atoms with Crippen molar-refractivity contribution in [2.75, 3.05) is 44.2 Å². The minimum absolute atomic E-state index is 0.0599. The lowest BCUT2D eigenvalue weighted by molar-refractivity contribution is -0.131. The van der Waals surface area contributed by atoms with E-state index in [1.165, 1.54) is 17.5 Å². The Morgan fingerprint density at radius 3 is 2.38 bits per heavy atom. The number of benzene rings is 1. The van der Waals surface area contributed by atoms with E-state index in [-0.39, 0.29) is 11.8 Å². The van der Waals surface area contributed by atoms with Crippen molar-refractivity contribution in [2.24, 2.45) is 0 Å². The Morgan fingerprint density at radius 2 is 1.76 bits per heavy atom. The summed E-state index contributed by atoms with van der Waals surface area (Å²) in [6.45, 7) is 10.1. The van der Waals surface area contributed by atoms with Gasteiger partial charge in [0.2, 0.25) is 5.91 Å². The number of piperazine rings is 1. The monoisotopic (exact) mass is 397 g/mol. The van der Waals surface area contributed by atoms with E-state index in [0.29, 0.717) is 30.8 Å². The van der Waals surface area contributed by atoms with Crippen molar-refractivity contribution in [3.63, 3.8) is 0 Å². The lowest BCUT2D eigenvalue weighted by atomic mass is 10.1. The zero-order chi connectivity index (χ0) is 20.8. The van der Waals surface area contributed by atoms with E-state index in [1.54, 1.807) is 17.9 Å². The number of hydrogen-bond donors (Lipinski definition) is 0. The summed E-state index contributed by atoms with van der Waals surface area (Å²) in [5.74, 6) is 0.678. The fourth-order valence-corrected chi connectivity index (χ4v) is 3.87. The molecule has 0 saturated carbocycles. The normalized spacial score (nSPS) is 14.2. The minimum atomic E-state index is -0.0599. The standard InChI is InChI=1S/C23H31N3O3/c1-4-11-26(23(28)20-10-17-29-19(20)3)12-9-22(27)25-15-13-24(14-16-25)21-8-6-5-7-18(21)2/h5-8,10,17H,4,9,11-16H2,1-3H3. The van der Waals surface area contributed by atoms with Gasteiger partial charge in [0.1, 0.15) is 5.76 Å². The van der Waals surface area contributed by atoms with E-state index in [1.807, 2.05) is 17.9 Å². The van der Waals surface area contributed by atoms with Gasteiger partial charge < -0.3 is 19.1 Å². The summed E-state index contributed by atoms with van der Waals surface area (Å²) in [4.78, 5) is 31.5. The topological polar surface area (TPSA) is 57.0 Å². The molecule has 29 heavy (non-hydrogen) atoms. The van der Waals surface area contributed by atoms with Gasteiger partial charge in [-0.1, -0.05) is 25.1 Å². The van der Waals surface area contributed by atoms with Crippen molar-refractivity contribution in [2.45, 2.75) is 33.6 Å². The van der Waals surface area contributed by atoms with Gasteiger partial charge in [-0.3, -0.25) is 9.59 Å². The fourth-order valence-electron chi connectivity index (χ4n) is 3.87. The number of amides is 2. The van der Waals surface area contributed by atoms with Gasteiger partial charge >= 0.3 is 0 Å². The predicted molar refractivity (Wildman–Crippen MR) is 114 cm³/mol. The molecule has 0 radical (unpaired) electrons. The van der Waals surface area contributed by atoms with Crippen molar-refractivity contribution in [1.82, 2.24) is 9.80 Å². The highest BCUT2D eigenvalue weighted by atomic mass is 16.3. The van der Waals surface area contributed by atoms with Crippen molar-refractivity contribution < 1.29 is 14.0 Å². The molecule has 0 spiro atoms. The Balaban J connectivity index is 1.53. The Bertz CT molecular complexity index is 837. The molecule has 6 nitrogen and oxygen atoms in total. The van der Waals surface area contributed by atoms with Gasteiger partial charge in [-0.2, -0.15) is 0 Å². The molecule has 0 atom stereocenters. The largest absolute Gasteiger partial charge is 0.469 e. The summed E-state index contributed by atoms with van der Waals surface area (Å²) in [5, 5.41) is 0. The van der Waals surface area contributed by atoms with Crippen LogP contribution in [0.3, 0.4) is 0 Å². The van der Waals surface area contributed by atoms with E-state index in [9.17, 15) is 9.59 Å². The number of carbonyl (C=O) groups excluding carboxylic acids is 2. The smallest absolute Gasteiger partial charge is 0.257 e. The Hall–Kier alpha value is -2.76. The van der Waals surface area contributed by atoms with E-state index in [0.717, 1.165) is 32.6 Å². The van der Waals surface area contributed by atoms with Crippen LogP contribution in [0.15, 0.2) is 41.0 Å². The maximum absolute atomic E-state index is 12.8. The first-order valence-electron chi connectivity index (χ1n) is 10.4. The number of nitrogens with zero attached hydrogens (tertiary/aromatic N) is 3. The molecule has 0 bridgehead atoms. The molecule has 2 amide bonds. The number of para-hydroxylation sites is 1. The molecule has 0 aliphatic carbocycles. The second-order valence-electron chi connectivity index (χ2n) is 7.59. The number of anilines is 1. The van der Waals surface area contributed by atoms with Crippen LogP contribution in [0.4, 0.5) is 5.69 Å². The van der Waals surface area contributed by atoms with Gasteiger partial charge in [0.25, 0.3) is 5.91 Å². The lowest BCUT2D eigenvalue weighted by Crippen LogP contribution is -2.49. The average Bonchev–Trinajstić information content (AvgIpc) is 3.16. The van der Waals surface area contributed by atoms with Crippen molar-refractivity contribution in [1.29, 1.82) is 0 Å². The molecular weight excluding hydrogens is 366 g/mol. The minimum Gasteiger partial charge on any atom is -0.469 e. The third kappa shape index (κ3) is 5.00. The van der Waals surface area contributed by atoms with Crippen molar-refractivity contribution in [3.8, 4) is 0 Å². The van der Waals surface area contributed by atoms with Crippen molar-refractivity contribution >= 4 is 17.5 Å². The highest BCUT2D eigenvalue weighted by Gasteiger charge is 2.24. The summed E-state index contributed by atoms with van der Waals surface area (Å²) < 4.78 is 5.26. The summed E-state index contributed by atoms with van der Waals surface area (Å²) in [7, 11) is 0. The number of aryl methyl sites for hydroxylation is 2. The molecule has 2 aromatic rings. The first kappa shape index (κ1) is 21.0. The summed E-state index contributed by atoms with van der Waals surface area (Å²) in [6.07, 6.45) is 2.74. The van der Waals surface area contributed by atoms with Gasteiger partial charge in [-0.05, 0) is 38.0 Å². The van der Waals surface area contributed by atoms with Crippen LogP contribution in [0.2, 0.25) is 0 Å². The highest BCUT2D eigenvalue weighted by Crippen LogP contribution is 2.21. The van der Waals surface area contributed by atoms with Gasteiger partial charge in [-0.15, -0.1) is 0 Å². The van der Waals surface area contributed by atoms with Gasteiger partial charge in [0.15, 0.2) is 0 Å². The first-order valence-corrected chi connectivity index (χ1v) is 10.4. The molecule has 0 unspecified atom stereocenters. The van der Waals surface area contributed by atoms with Crippen LogP contribution in [0.5, 0.6) is 0 Å². The highest BCUT2D eigenvalue weighted by molar-refractivity contribution is 5.95. The predicted octanol–water partition coefficient (Wildman–Crippen LogP) is 3.49. The van der Waals surface area contributed by atoms with Crippen LogP contribution >= 0.6 is 0 Å². The molecule has 1 saturated heterocycles. The first-order chi connectivity index (χ1) is 14.0. The molecule has 156 valence electrons. The average molecular weight is 398 g/mol. The molecule has 1 aliphatic heterocycles. The maximum Gasteiger partial charge on any atom is 0.257 e.